The number of benzene rings is 2. The van der Waals surface area contributed by atoms with E-state index in [9.17, 15) is 4.79 Å². The highest BCUT2D eigenvalue weighted by atomic mass is 35.5. The second-order valence-electron chi connectivity index (χ2n) is 6.53. The molecule has 0 unspecified atom stereocenters. The van der Waals surface area contributed by atoms with Crippen molar-refractivity contribution in [1.82, 2.24) is 5.32 Å². The molecule has 28 heavy (non-hydrogen) atoms. The van der Waals surface area contributed by atoms with Gasteiger partial charge in [-0.15, -0.1) is 0 Å². The number of rotatable bonds is 10. The minimum absolute atomic E-state index is 0.122. The first-order chi connectivity index (χ1) is 13.5. The Balaban J connectivity index is 1.87. The maximum absolute atomic E-state index is 11.6. The number of ether oxygens (including phenoxy) is 2. The van der Waals surface area contributed by atoms with Gasteiger partial charge in [0.25, 0.3) is 5.91 Å². The third kappa shape index (κ3) is 7.48. The Hall–Kier alpha value is -2.73. The molecule has 2 aromatic rings. The Labute approximate surface area is 170 Å². The van der Waals surface area contributed by atoms with Crippen LogP contribution in [0.25, 0.3) is 0 Å². The van der Waals surface area contributed by atoms with E-state index < -0.39 is 0 Å². The second kappa shape index (κ2) is 11.2. The van der Waals surface area contributed by atoms with Crippen molar-refractivity contribution in [2.24, 2.45) is 11.1 Å². The van der Waals surface area contributed by atoms with Gasteiger partial charge in [-0.1, -0.05) is 42.7 Å². The molecule has 0 saturated carbocycles. The molecule has 0 heterocycles. The lowest BCUT2D eigenvalue weighted by molar-refractivity contribution is -0.125. The molecule has 0 fully saturated rings. The highest BCUT2D eigenvalue weighted by Crippen LogP contribution is 2.28. The van der Waals surface area contributed by atoms with E-state index in [2.05, 4.69) is 10.5 Å². The number of carbonyl (C=O) groups excluding carboxylic acids is 1. The van der Waals surface area contributed by atoms with Crippen molar-refractivity contribution in [2.75, 3.05) is 20.3 Å². The van der Waals surface area contributed by atoms with Crippen LogP contribution in [-0.4, -0.2) is 32.4 Å². The molecule has 0 spiro atoms. The fourth-order valence-corrected chi connectivity index (χ4v) is 2.31. The van der Waals surface area contributed by atoms with E-state index in [0.29, 0.717) is 35.6 Å². The average molecular weight is 405 g/mol. The number of hydrogen-bond donors (Lipinski definition) is 1. The van der Waals surface area contributed by atoms with E-state index in [0.717, 1.165) is 11.1 Å². The molecule has 6 nitrogen and oxygen atoms in total. The SMILES string of the molecule is COc1cc(/C=N/OCC(=O)NCC(C)C)ccc1OCc1ccc(Cl)cc1. The highest BCUT2D eigenvalue weighted by Gasteiger charge is 2.06. The van der Waals surface area contributed by atoms with E-state index >= 15 is 0 Å². The fourth-order valence-electron chi connectivity index (χ4n) is 2.19. The summed E-state index contributed by atoms with van der Waals surface area (Å²) in [5, 5.41) is 7.26. The first-order valence-electron chi connectivity index (χ1n) is 8.95. The van der Waals surface area contributed by atoms with Crippen LogP contribution in [0.15, 0.2) is 47.6 Å². The normalized spacial score (nSPS) is 10.9. The van der Waals surface area contributed by atoms with Gasteiger partial charge < -0.3 is 19.6 Å². The molecule has 1 amide bonds. The molecule has 0 aliphatic rings. The number of halogens is 1. The van der Waals surface area contributed by atoms with Crippen molar-refractivity contribution in [1.29, 1.82) is 0 Å². The largest absolute Gasteiger partial charge is 0.493 e. The highest BCUT2D eigenvalue weighted by molar-refractivity contribution is 6.30. The van der Waals surface area contributed by atoms with Gasteiger partial charge >= 0.3 is 0 Å². The summed E-state index contributed by atoms with van der Waals surface area (Å²) in [5.41, 5.74) is 1.76. The lowest BCUT2D eigenvalue weighted by Crippen LogP contribution is -2.30. The molecule has 7 heteroatoms. The molecule has 0 bridgehead atoms. The molecule has 150 valence electrons. The molecular weight excluding hydrogens is 380 g/mol. The Morgan fingerprint density at radius 2 is 1.93 bits per heavy atom. The van der Waals surface area contributed by atoms with E-state index in [-0.39, 0.29) is 12.5 Å². The fraction of sp³-hybridized carbons (Fsp3) is 0.333. The lowest BCUT2D eigenvalue weighted by Gasteiger charge is -2.11. The van der Waals surface area contributed by atoms with Crippen LogP contribution in [0.2, 0.25) is 5.02 Å². The number of carbonyl (C=O) groups is 1. The molecule has 1 N–H and O–H groups in total. The summed E-state index contributed by atoms with van der Waals surface area (Å²) < 4.78 is 11.2. The number of hydrogen-bond acceptors (Lipinski definition) is 5. The lowest BCUT2D eigenvalue weighted by atomic mass is 10.2. The zero-order valence-corrected chi connectivity index (χ0v) is 17.0. The Morgan fingerprint density at radius 1 is 1.18 bits per heavy atom. The van der Waals surface area contributed by atoms with Gasteiger partial charge in [0, 0.05) is 17.1 Å². The van der Waals surface area contributed by atoms with Gasteiger partial charge in [-0.25, -0.2) is 0 Å². The number of amides is 1. The maximum atomic E-state index is 11.6. The monoisotopic (exact) mass is 404 g/mol. The van der Waals surface area contributed by atoms with Crippen LogP contribution in [0.5, 0.6) is 11.5 Å². The molecule has 0 aromatic heterocycles. The van der Waals surface area contributed by atoms with Crippen LogP contribution in [0, 0.1) is 5.92 Å². The van der Waals surface area contributed by atoms with Crippen LogP contribution >= 0.6 is 11.6 Å². The van der Waals surface area contributed by atoms with Gasteiger partial charge in [0.15, 0.2) is 18.1 Å². The molecule has 2 rings (SSSR count). The minimum Gasteiger partial charge on any atom is -0.493 e. The standard InChI is InChI=1S/C21H25ClN2O4/c1-15(2)11-23-21(25)14-28-24-12-17-6-9-19(20(10-17)26-3)27-13-16-4-7-18(22)8-5-16/h4-10,12,15H,11,13-14H2,1-3H3,(H,23,25)/b24-12+. The van der Waals surface area contributed by atoms with Crippen molar-refractivity contribution in [3.63, 3.8) is 0 Å². The quantitative estimate of drug-likeness (QED) is 0.479. The third-order valence-electron chi connectivity index (χ3n) is 3.67. The smallest absolute Gasteiger partial charge is 0.260 e. The molecule has 0 saturated heterocycles. The van der Waals surface area contributed by atoms with E-state index in [1.807, 2.05) is 44.2 Å². The van der Waals surface area contributed by atoms with Crippen molar-refractivity contribution in [3.8, 4) is 11.5 Å². The van der Waals surface area contributed by atoms with Gasteiger partial charge in [0.05, 0.1) is 13.3 Å². The molecule has 0 aliphatic heterocycles. The summed E-state index contributed by atoms with van der Waals surface area (Å²) in [6.07, 6.45) is 1.52. The molecule has 0 atom stereocenters. The van der Waals surface area contributed by atoms with Crippen molar-refractivity contribution >= 4 is 23.7 Å². The molecular formula is C21H25ClN2O4. The Kier molecular flexibility index (Phi) is 8.62. The average Bonchev–Trinajstić information content (AvgIpc) is 2.69. The summed E-state index contributed by atoms with van der Waals surface area (Å²) in [7, 11) is 1.57. The van der Waals surface area contributed by atoms with Gasteiger partial charge in [0.2, 0.25) is 0 Å². The molecule has 2 aromatic carbocycles. The molecule has 0 radical (unpaired) electrons. The van der Waals surface area contributed by atoms with Gasteiger partial charge in [-0.2, -0.15) is 0 Å². The number of nitrogens with one attached hydrogen (secondary N) is 1. The summed E-state index contributed by atoms with van der Waals surface area (Å²) in [6.45, 7) is 4.93. The predicted octanol–water partition coefficient (Wildman–Crippen LogP) is 4.05. The van der Waals surface area contributed by atoms with Crippen molar-refractivity contribution in [3.05, 3.63) is 58.6 Å². The summed E-state index contributed by atoms with van der Waals surface area (Å²) in [4.78, 5) is 16.6. The number of methoxy groups -OCH3 is 1. The second-order valence-corrected chi connectivity index (χ2v) is 6.97. The molecule has 0 aliphatic carbocycles. The predicted molar refractivity (Wildman–Crippen MR) is 110 cm³/mol. The first kappa shape index (κ1) is 21.6. The van der Waals surface area contributed by atoms with Crippen LogP contribution in [0.4, 0.5) is 0 Å². The number of oxime groups is 1. The van der Waals surface area contributed by atoms with E-state index in [1.165, 1.54) is 6.21 Å². The Morgan fingerprint density at radius 3 is 2.61 bits per heavy atom. The third-order valence-corrected chi connectivity index (χ3v) is 3.93. The zero-order valence-electron chi connectivity index (χ0n) is 16.3. The van der Waals surface area contributed by atoms with Crippen molar-refractivity contribution in [2.45, 2.75) is 20.5 Å². The van der Waals surface area contributed by atoms with Crippen LogP contribution in [-0.2, 0) is 16.2 Å². The minimum atomic E-state index is -0.200. The summed E-state index contributed by atoms with van der Waals surface area (Å²) >= 11 is 5.89. The summed E-state index contributed by atoms with van der Waals surface area (Å²) in [5.74, 6) is 1.38. The van der Waals surface area contributed by atoms with Crippen LogP contribution in [0.3, 0.4) is 0 Å². The van der Waals surface area contributed by atoms with Gasteiger partial charge in [-0.05, 0) is 41.8 Å². The van der Waals surface area contributed by atoms with E-state index in [4.69, 9.17) is 25.9 Å². The first-order valence-corrected chi connectivity index (χ1v) is 9.33. The van der Waals surface area contributed by atoms with Crippen LogP contribution < -0.4 is 14.8 Å². The Bertz CT molecular complexity index is 791. The zero-order chi connectivity index (χ0) is 20.4. The summed E-state index contributed by atoms with van der Waals surface area (Å²) in [6, 6.07) is 12.9. The van der Waals surface area contributed by atoms with Gasteiger partial charge in [-0.3, -0.25) is 4.79 Å². The van der Waals surface area contributed by atoms with Gasteiger partial charge in [0.1, 0.15) is 6.61 Å². The topological polar surface area (TPSA) is 69.2 Å². The maximum Gasteiger partial charge on any atom is 0.260 e. The van der Waals surface area contributed by atoms with E-state index in [1.54, 1.807) is 19.2 Å². The van der Waals surface area contributed by atoms with Crippen molar-refractivity contribution < 1.29 is 19.1 Å². The number of nitrogens with zero attached hydrogens (tertiary/aromatic N) is 1. The van der Waals surface area contributed by atoms with Crippen LogP contribution in [0.1, 0.15) is 25.0 Å².